The van der Waals surface area contributed by atoms with Gasteiger partial charge >= 0.3 is 6.18 Å². The number of anilines is 1. The summed E-state index contributed by atoms with van der Waals surface area (Å²) in [5, 5.41) is 12.6. The number of aryl methyl sites for hydroxylation is 1. The minimum absolute atomic E-state index is 0.0415. The summed E-state index contributed by atoms with van der Waals surface area (Å²) in [6.07, 6.45) is -4.22. The second-order valence-electron chi connectivity index (χ2n) is 4.96. The number of alkyl halides is 3. The summed E-state index contributed by atoms with van der Waals surface area (Å²) in [6.45, 7) is 1.13. The summed E-state index contributed by atoms with van der Waals surface area (Å²) in [7, 11) is -2.78. The number of carbonyl (C=O) groups is 1. The zero-order chi connectivity index (χ0) is 18.3. The second-order valence-corrected chi connectivity index (χ2v) is 6.92. The zero-order valence-electron chi connectivity index (χ0n) is 12.7. The van der Waals surface area contributed by atoms with E-state index in [1.807, 2.05) is 0 Å². The van der Waals surface area contributed by atoms with Crippen molar-refractivity contribution in [2.45, 2.75) is 18.0 Å². The molecular formula is C12H12F3N5O3S. The van der Waals surface area contributed by atoms with E-state index in [4.69, 9.17) is 0 Å². The van der Waals surface area contributed by atoms with Crippen molar-refractivity contribution in [3.63, 3.8) is 0 Å². The van der Waals surface area contributed by atoms with E-state index >= 15 is 0 Å². The fourth-order valence-corrected chi connectivity index (χ4v) is 3.39. The van der Waals surface area contributed by atoms with E-state index < -0.39 is 32.4 Å². The monoisotopic (exact) mass is 363 g/mol. The van der Waals surface area contributed by atoms with Gasteiger partial charge < -0.3 is 0 Å². The number of amides is 1. The molecule has 0 aliphatic carbocycles. The molecule has 0 fully saturated rings. The molecule has 0 aliphatic rings. The molecule has 12 heteroatoms. The van der Waals surface area contributed by atoms with E-state index in [-0.39, 0.29) is 17.1 Å². The molecule has 0 radical (unpaired) electrons. The van der Waals surface area contributed by atoms with Gasteiger partial charge in [0, 0.05) is 18.9 Å². The summed E-state index contributed by atoms with van der Waals surface area (Å²) in [5.41, 5.74) is -1.86. The van der Waals surface area contributed by atoms with Gasteiger partial charge in [0.05, 0.1) is 10.5 Å². The molecule has 8 nitrogen and oxygen atoms in total. The highest BCUT2D eigenvalue weighted by Gasteiger charge is 2.38. The van der Waals surface area contributed by atoms with E-state index in [2.05, 4.69) is 20.8 Å². The molecule has 2 rings (SSSR count). The van der Waals surface area contributed by atoms with Gasteiger partial charge in [-0.2, -0.15) is 13.2 Å². The maximum Gasteiger partial charge on any atom is 0.417 e. The second kappa shape index (κ2) is 5.85. The number of hydrogen-bond donors (Lipinski definition) is 1. The van der Waals surface area contributed by atoms with Crippen LogP contribution >= 0.6 is 0 Å². The zero-order valence-corrected chi connectivity index (χ0v) is 13.5. The smallest absolute Gasteiger partial charge is 0.289 e. The number of benzene rings is 1. The molecule has 2 aromatic rings. The van der Waals surface area contributed by atoms with Gasteiger partial charge in [0.1, 0.15) is 0 Å². The quantitative estimate of drug-likeness (QED) is 0.878. The topological polar surface area (TPSA) is 107 Å². The Morgan fingerprint density at radius 2 is 1.92 bits per heavy atom. The van der Waals surface area contributed by atoms with Crippen molar-refractivity contribution < 1.29 is 26.4 Å². The maximum absolute atomic E-state index is 13.1. The van der Waals surface area contributed by atoms with Crippen molar-refractivity contribution in [2.75, 3.05) is 11.6 Å². The fraction of sp³-hybridized carbons (Fsp3) is 0.333. The fourth-order valence-electron chi connectivity index (χ4n) is 2.14. The molecule has 0 bridgehead atoms. The predicted octanol–water partition coefficient (Wildman–Crippen LogP) is 1.19. The number of nitrogens with zero attached hydrogens (tertiary/aromatic N) is 4. The van der Waals surface area contributed by atoms with Crippen molar-refractivity contribution in [3.05, 3.63) is 28.8 Å². The molecule has 0 aliphatic heterocycles. The number of rotatable bonds is 3. The molecule has 1 heterocycles. The van der Waals surface area contributed by atoms with Crippen LogP contribution in [0, 0.1) is 6.92 Å². The number of aromatic nitrogens is 4. The first-order valence-corrected chi connectivity index (χ1v) is 8.26. The van der Waals surface area contributed by atoms with Crippen LogP contribution in [-0.4, -0.2) is 40.8 Å². The molecule has 0 unspecified atom stereocenters. The largest absolute Gasteiger partial charge is 0.417 e. The molecule has 1 aromatic carbocycles. The van der Waals surface area contributed by atoms with Crippen LogP contribution < -0.4 is 5.32 Å². The number of sulfone groups is 1. The van der Waals surface area contributed by atoms with Crippen LogP contribution in [-0.2, 0) is 23.1 Å². The van der Waals surface area contributed by atoms with Crippen LogP contribution in [0.1, 0.15) is 21.5 Å². The molecular weight excluding hydrogens is 351 g/mol. The summed E-state index contributed by atoms with van der Waals surface area (Å²) in [6, 6.07) is 1.47. The first-order valence-electron chi connectivity index (χ1n) is 6.37. The Hall–Kier alpha value is -2.50. The standard InChI is InChI=1S/C12H12F3N5O3S/c1-6-7(10(21)16-11-17-18-19-20(11)2)4-5-8(12(13,14)15)9(6)24(3,22)23/h4-5H,1-3H3,(H,16,17,19,21). The normalized spacial score (nSPS) is 12.2. The van der Waals surface area contributed by atoms with E-state index in [0.29, 0.717) is 12.3 Å². The van der Waals surface area contributed by atoms with Gasteiger partial charge in [0.15, 0.2) is 9.84 Å². The van der Waals surface area contributed by atoms with Gasteiger partial charge in [-0.05, 0) is 35.0 Å². The molecule has 130 valence electrons. The van der Waals surface area contributed by atoms with Crippen LogP contribution in [0.5, 0.6) is 0 Å². The lowest BCUT2D eigenvalue weighted by atomic mass is 10.0. The lowest BCUT2D eigenvalue weighted by Crippen LogP contribution is -2.20. The minimum atomic E-state index is -4.87. The van der Waals surface area contributed by atoms with Gasteiger partial charge in [-0.1, -0.05) is 5.10 Å². The highest BCUT2D eigenvalue weighted by atomic mass is 32.2. The number of carbonyl (C=O) groups excluding carboxylic acids is 1. The maximum atomic E-state index is 13.1. The Labute approximate surface area is 134 Å². The van der Waals surface area contributed by atoms with Crippen LogP contribution in [0.2, 0.25) is 0 Å². The van der Waals surface area contributed by atoms with Crippen molar-refractivity contribution in [1.82, 2.24) is 20.2 Å². The first kappa shape index (κ1) is 17.8. The summed E-state index contributed by atoms with van der Waals surface area (Å²) in [5.74, 6) is -0.871. The average Bonchev–Trinajstić information content (AvgIpc) is 2.81. The van der Waals surface area contributed by atoms with Gasteiger partial charge in [-0.25, -0.2) is 13.1 Å². The molecule has 0 spiro atoms. The number of nitrogens with one attached hydrogen (secondary N) is 1. The molecule has 1 N–H and O–H groups in total. The Morgan fingerprint density at radius 1 is 1.29 bits per heavy atom. The summed E-state index contributed by atoms with van der Waals surface area (Å²) in [4.78, 5) is 11.3. The molecule has 1 aromatic heterocycles. The molecule has 0 saturated carbocycles. The van der Waals surface area contributed by atoms with Crippen LogP contribution in [0.3, 0.4) is 0 Å². The Bertz CT molecular complexity index is 905. The number of hydrogen-bond acceptors (Lipinski definition) is 6. The van der Waals surface area contributed by atoms with Crippen molar-refractivity contribution in [1.29, 1.82) is 0 Å². The molecule has 1 amide bonds. The van der Waals surface area contributed by atoms with Crippen LogP contribution in [0.15, 0.2) is 17.0 Å². The van der Waals surface area contributed by atoms with Gasteiger partial charge in [0.2, 0.25) is 5.95 Å². The van der Waals surface area contributed by atoms with Crippen molar-refractivity contribution in [2.24, 2.45) is 7.05 Å². The highest BCUT2D eigenvalue weighted by Crippen LogP contribution is 2.36. The van der Waals surface area contributed by atoms with Crippen LogP contribution in [0.4, 0.5) is 19.1 Å². The van der Waals surface area contributed by atoms with Crippen molar-refractivity contribution in [3.8, 4) is 0 Å². The molecule has 0 saturated heterocycles. The third kappa shape index (κ3) is 3.37. The highest BCUT2D eigenvalue weighted by molar-refractivity contribution is 7.90. The average molecular weight is 363 g/mol. The lowest BCUT2D eigenvalue weighted by Gasteiger charge is -2.16. The number of tetrazole rings is 1. The van der Waals surface area contributed by atoms with Gasteiger partial charge in [-0.15, -0.1) is 0 Å². The first-order chi connectivity index (χ1) is 10.9. The number of halogens is 3. The van der Waals surface area contributed by atoms with E-state index in [0.717, 1.165) is 17.7 Å². The van der Waals surface area contributed by atoms with Gasteiger partial charge in [0.25, 0.3) is 5.91 Å². The molecule has 0 atom stereocenters. The Balaban J connectivity index is 2.58. The third-order valence-corrected chi connectivity index (χ3v) is 4.44. The van der Waals surface area contributed by atoms with E-state index in [1.54, 1.807) is 0 Å². The van der Waals surface area contributed by atoms with Gasteiger partial charge in [-0.3, -0.25) is 10.1 Å². The van der Waals surface area contributed by atoms with E-state index in [9.17, 15) is 26.4 Å². The summed E-state index contributed by atoms with van der Waals surface area (Å²) >= 11 is 0. The third-order valence-electron chi connectivity index (χ3n) is 3.17. The SMILES string of the molecule is Cc1c(C(=O)Nc2nnnn2C)ccc(C(F)(F)F)c1S(C)(=O)=O. The minimum Gasteiger partial charge on any atom is -0.289 e. The Kier molecular flexibility index (Phi) is 4.35. The molecule has 24 heavy (non-hydrogen) atoms. The van der Waals surface area contributed by atoms with E-state index in [1.165, 1.54) is 7.05 Å². The Morgan fingerprint density at radius 3 is 2.38 bits per heavy atom. The van der Waals surface area contributed by atoms with Crippen LogP contribution in [0.25, 0.3) is 0 Å². The lowest BCUT2D eigenvalue weighted by molar-refractivity contribution is -0.139. The summed E-state index contributed by atoms with van der Waals surface area (Å²) < 4.78 is 63.9. The predicted molar refractivity (Wildman–Crippen MR) is 76.0 cm³/mol. The van der Waals surface area contributed by atoms with Crippen molar-refractivity contribution >= 4 is 21.7 Å².